The van der Waals surface area contributed by atoms with Gasteiger partial charge in [0.1, 0.15) is 4.60 Å². The Morgan fingerprint density at radius 1 is 1.30 bits per heavy atom. The van der Waals surface area contributed by atoms with Gasteiger partial charge < -0.3 is 5.73 Å². The van der Waals surface area contributed by atoms with Crippen molar-refractivity contribution in [3.8, 4) is 11.4 Å². The summed E-state index contributed by atoms with van der Waals surface area (Å²) in [6.45, 7) is 2.66. The molecule has 0 aliphatic rings. The number of aryl methyl sites for hydroxylation is 2. The second-order valence-electron chi connectivity index (χ2n) is 4.80. The maximum absolute atomic E-state index is 5.60. The highest BCUT2D eigenvalue weighted by Crippen LogP contribution is 2.26. The minimum atomic E-state index is 0.577. The van der Waals surface area contributed by atoms with Gasteiger partial charge in [0.05, 0.1) is 5.69 Å². The molecule has 0 spiro atoms. The van der Waals surface area contributed by atoms with Crippen LogP contribution < -0.4 is 5.73 Å². The SMILES string of the molecule is Cc1ccccc1-c1nn2c(Br)c(CCN)nc2n1C. The number of hydrogen-bond acceptors (Lipinski definition) is 3. The third-order valence-corrected chi connectivity index (χ3v) is 4.22. The largest absolute Gasteiger partial charge is 0.330 e. The van der Waals surface area contributed by atoms with E-state index in [0.29, 0.717) is 6.54 Å². The second-order valence-corrected chi connectivity index (χ2v) is 5.55. The summed E-state index contributed by atoms with van der Waals surface area (Å²) in [4.78, 5) is 4.61. The fraction of sp³-hybridized carbons (Fsp3) is 0.286. The topological polar surface area (TPSA) is 61.1 Å². The van der Waals surface area contributed by atoms with Gasteiger partial charge in [-0.1, -0.05) is 24.3 Å². The number of benzene rings is 1. The molecular formula is C14H16BrN5. The van der Waals surface area contributed by atoms with Crippen LogP contribution in [0.15, 0.2) is 28.9 Å². The fourth-order valence-electron chi connectivity index (χ4n) is 2.34. The maximum Gasteiger partial charge on any atom is 0.233 e. The molecule has 104 valence electrons. The van der Waals surface area contributed by atoms with Gasteiger partial charge in [-0.15, -0.1) is 5.10 Å². The van der Waals surface area contributed by atoms with Crippen molar-refractivity contribution < 1.29 is 0 Å². The Morgan fingerprint density at radius 2 is 2.05 bits per heavy atom. The van der Waals surface area contributed by atoms with E-state index in [0.717, 1.165) is 33.9 Å². The van der Waals surface area contributed by atoms with Crippen LogP contribution in [0.5, 0.6) is 0 Å². The molecular weight excluding hydrogens is 318 g/mol. The Hall–Kier alpha value is -1.66. The number of imidazole rings is 1. The molecule has 6 heteroatoms. The summed E-state index contributed by atoms with van der Waals surface area (Å²) in [7, 11) is 1.98. The zero-order valence-electron chi connectivity index (χ0n) is 11.5. The average molecular weight is 334 g/mol. The molecule has 0 saturated heterocycles. The molecule has 0 radical (unpaired) electrons. The van der Waals surface area contributed by atoms with Crippen molar-refractivity contribution in [2.45, 2.75) is 13.3 Å². The van der Waals surface area contributed by atoms with Gasteiger partial charge in [0.2, 0.25) is 5.78 Å². The summed E-state index contributed by atoms with van der Waals surface area (Å²) in [5.74, 6) is 1.73. The van der Waals surface area contributed by atoms with Crippen LogP contribution in [0, 0.1) is 6.92 Å². The second kappa shape index (κ2) is 5.03. The summed E-state index contributed by atoms with van der Waals surface area (Å²) in [6.07, 6.45) is 0.740. The molecule has 0 aliphatic heterocycles. The summed E-state index contributed by atoms with van der Waals surface area (Å²) in [5.41, 5.74) is 8.86. The van der Waals surface area contributed by atoms with E-state index in [4.69, 9.17) is 5.73 Å². The molecule has 0 atom stereocenters. The van der Waals surface area contributed by atoms with Crippen molar-refractivity contribution in [1.82, 2.24) is 19.2 Å². The van der Waals surface area contributed by atoms with Gasteiger partial charge in [0, 0.05) is 19.0 Å². The zero-order chi connectivity index (χ0) is 14.3. The lowest BCUT2D eigenvalue weighted by Crippen LogP contribution is -2.04. The van der Waals surface area contributed by atoms with E-state index in [2.05, 4.69) is 45.1 Å². The molecule has 0 fully saturated rings. The van der Waals surface area contributed by atoms with Gasteiger partial charge in [-0.3, -0.25) is 4.57 Å². The van der Waals surface area contributed by atoms with Crippen molar-refractivity contribution in [3.63, 3.8) is 0 Å². The smallest absolute Gasteiger partial charge is 0.233 e. The molecule has 0 bridgehead atoms. The van der Waals surface area contributed by atoms with Crippen molar-refractivity contribution >= 4 is 21.7 Å². The van der Waals surface area contributed by atoms with E-state index in [1.807, 2.05) is 28.3 Å². The van der Waals surface area contributed by atoms with Gasteiger partial charge in [-0.05, 0) is 35.0 Å². The van der Waals surface area contributed by atoms with Crippen LogP contribution in [0.4, 0.5) is 0 Å². The molecule has 1 aromatic carbocycles. The van der Waals surface area contributed by atoms with E-state index in [1.54, 1.807) is 0 Å². The Bertz CT molecular complexity index is 771. The maximum atomic E-state index is 5.60. The van der Waals surface area contributed by atoms with Crippen LogP contribution in [0.3, 0.4) is 0 Å². The van der Waals surface area contributed by atoms with E-state index >= 15 is 0 Å². The number of nitrogens with zero attached hydrogens (tertiary/aromatic N) is 4. The number of halogens is 1. The quantitative estimate of drug-likeness (QED) is 0.800. The van der Waals surface area contributed by atoms with Crippen LogP contribution in [-0.4, -0.2) is 25.7 Å². The molecule has 2 heterocycles. The van der Waals surface area contributed by atoms with Crippen LogP contribution in [0.2, 0.25) is 0 Å². The van der Waals surface area contributed by atoms with Crippen LogP contribution in [0.1, 0.15) is 11.3 Å². The standard InChI is InChI=1S/C14H16BrN5/c1-9-5-3-4-6-10(9)13-18-20-12(15)11(7-8-16)17-14(20)19(13)2/h3-6H,7-8,16H2,1-2H3. The van der Waals surface area contributed by atoms with Crippen molar-refractivity contribution in [3.05, 3.63) is 40.1 Å². The summed E-state index contributed by atoms with van der Waals surface area (Å²) < 4.78 is 4.72. The monoisotopic (exact) mass is 333 g/mol. The molecule has 0 saturated carbocycles. The van der Waals surface area contributed by atoms with Crippen LogP contribution >= 0.6 is 15.9 Å². The van der Waals surface area contributed by atoms with E-state index in [-0.39, 0.29) is 0 Å². The Labute approximate surface area is 125 Å². The number of rotatable bonds is 3. The van der Waals surface area contributed by atoms with Crippen molar-refractivity contribution in [1.29, 1.82) is 0 Å². The molecule has 0 unspecified atom stereocenters. The predicted molar refractivity (Wildman–Crippen MR) is 82.6 cm³/mol. The summed E-state index contributed by atoms with van der Waals surface area (Å²) in [6, 6.07) is 8.21. The summed E-state index contributed by atoms with van der Waals surface area (Å²) >= 11 is 3.56. The van der Waals surface area contributed by atoms with E-state index in [9.17, 15) is 0 Å². The molecule has 2 N–H and O–H groups in total. The van der Waals surface area contributed by atoms with Crippen molar-refractivity contribution in [2.24, 2.45) is 12.8 Å². The zero-order valence-corrected chi connectivity index (χ0v) is 13.1. The molecule has 3 aromatic rings. The predicted octanol–water partition coefficient (Wildman–Crippen LogP) is 2.31. The molecule has 5 nitrogen and oxygen atoms in total. The first kappa shape index (κ1) is 13.3. The minimum Gasteiger partial charge on any atom is -0.330 e. The van der Waals surface area contributed by atoms with Crippen LogP contribution in [0.25, 0.3) is 17.2 Å². The number of nitrogens with two attached hydrogens (primary N) is 1. The normalized spacial score (nSPS) is 11.4. The number of fused-ring (bicyclic) bond motifs is 1. The number of aromatic nitrogens is 4. The Kier molecular flexibility index (Phi) is 3.35. The van der Waals surface area contributed by atoms with Gasteiger partial charge >= 0.3 is 0 Å². The van der Waals surface area contributed by atoms with E-state index < -0.39 is 0 Å². The van der Waals surface area contributed by atoms with E-state index in [1.165, 1.54) is 5.56 Å². The highest BCUT2D eigenvalue weighted by molar-refractivity contribution is 9.10. The lowest BCUT2D eigenvalue weighted by Gasteiger charge is -2.04. The molecule has 2 aromatic heterocycles. The highest BCUT2D eigenvalue weighted by atomic mass is 79.9. The number of hydrogen-bond donors (Lipinski definition) is 1. The van der Waals surface area contributed by atoms with Crippen molar-refractivity contribution in [2.75, 3.05) is 6.54 Å². The van der Waals surface area contributed by atoms with Gasteiger partial charge in [-0.2, -0.15) is 4.52 Å². The fourth-order valence-corrected chi connectivity index (χ4v) is 2.87. The third-order valence-electron chi connectivity index (χ3n) is 3.43. The minimum absolute atomic E-state index is 0.577. The first-order valence-electron chi connectivity index (χ1n) is 6.49. The Balaban J connectivity index is 2.20. The lowest BCUT2D eigenvalue weighted by molar-refractivity contribution is 0.892. The summed E-state index contributed by atoms with van der Waals surface area (Å²) in [5, 5.41) is 4.68. The van der Waals surface area contributed by atoms with Crippen LogP contribution in [-0.2, 0) is 13.5 Å². The van der Waals surface area contributed by atoms with Gasteiger partial charge in [-0.25, -0.2) is 4.98 Å². The first-order valence-corrected chi connectivity index (χ1v) is 7.28. The molecule has 0 aliphatic carbocycles. The third kappa shape index (κ3) is 1.96. The molecule has 3 rings (SSSR count). The highest BCUT2D eigenvalue weighted by Gasteiger charge is 2.18. The molecule has 20 heavy (non-hydrogen) atoms. The first-order chi connectivity index (χ1) is 9.63. The average Bonchev–Trinajstić information content (AvgIpc) is 2.91. The van der Waals surface area contributed by atoms with Gasteiger partial charge in [0.25, 0.3) is 0 Å². The Morgan fingerprint density at radius 3 is 2.70 bits per heavy atom. The lowest BCUT2D eigenvalue weighted by atomic mass is 10.1. The van der Waals surface area contributed by atoms with Gasteiger partial charge in [0.15, 0.2) is 5.82 Å². The molecule has 0 amide bonds.